The second kappa shape index (κ2) is 5.20. The Bertz CT molecular complexity index is 679. The number of halogens is 1. The number of nitrogens with one attached hydrogen (secondary N) is 1. The van der Waals surface area contributed by atoms with Crippen molar-refractivity contribution in [1.29, 1.82) is 0 Å². The monoisotopic (exact) mass is 327 g/mol. The number of nitrogen functional groups attached to an aromatic ring is 1. The maximum absolute atomic E-state index is 14.3. The highest BCUT2D eigenvalue weighted by Crippen LogP contribution is 2.36. The molecule has 0 spiro atoms. The van der Waals surface area contributed by atoms with E-state index in [1.54, 1.807) is 17.3 Å². The molecule has 8 heteroatoms. The summed E-state index contributed by atoms with van der Waals surface area (Å²) in [7, 11) is -2.92. The van der Waals surface area contributed by atoms with Gasteiger partial charge in [0.1, 0.15) is 11.4 Å². The molecule has 0 amide bonds. The molecule has 0 unspecified atom stereocenters. The summed E-state index contributed by atoms with van der Waals surface area (Å²) in [4.78, 5) is 4.47. The maximum atomic E-state index is 14.3. The first-order chi connectivity index (χ1) is 10.3. The topological polar surface area (TPSA) is 96.7 Å². The molecular formula is C14H22FN5OS. The van der Waals surface area contributed by atoms with Crippen molar-refractivity contribution in [1.82, 2.24) is 9.03 Å². The van der Waals surface area contributed by atoms with Gasteiger partial charge in [-0.1, -0.05) is 0 Å². The van der Waals surface area contributed by atoms with Crippen molar-refractivity contribution >= 4 is 22.0 Å². The van der Waals surface area contributed by atoms with Crippen molar-refractivity contribution in [3.05, 3.63) is 29.6 Å². The average molecular weight is 327 g/mol. The predicted octanol–water partition coefficient (Wildman–Crippen LogP) is 0.484. The summed E-state index contributed by atoms with van der Waals surface area (Å²) in [5.41, 5.74) is 11.6. The molecule has 1 aromatic rings. The van der Waals surface area contributed by atoms with E-state index in [1.807, 2.05) is 0 Å². The van der Waals surface area contributed by atoms with E-state index in [-0.39, 0.29) is 11.7 Å². The van der Waals surface area contributed by atoms with E-state index in [0.29, 0.717) is 24.3 Å². The van der Waals surface area contributed by atoms with Crippen LogP contribution in [0.4, 0.5) is 10.1 Å². The number of fused-ring (bicyclic) bond motifs is 1. The largest absolute Gasteiger partial charge is 0.399 e. The number of hydrogen-bond acceptors (Lipinski definition) is 4. The van der Waals surface area contributed by atoms with E-state index in [1.165, 1.54) is 12.1 Å². The number of nitrogens with zero attached hydrogens (tertiary/aromatic N) is 2. The van der Waals surface area contributed by atoms with E-state index in [0.717, 1.165) is 12.8 Å². The third-order valence-corrected chi connectivity index (χ3v) is 7.21. The van der Waals surface area contributed by atoms with Gasteiger partial charge in [0, 0.05) is 34.6 Å². The summed E-state index contributed by atoms with van der Waals surface area (Å²) in [5, 5.41) is 0. The smallest absolute Gasteiger partial charge is 0.203 e. The van der Waals surface area contributed by atoms with Gasteiger partial charge in [0.25, 0.3) is 0 Å². The Morgan fingerprint density at radius 1 is 1.41 bits per heavy atom. The maximum Gasteiger partial charge on any atom is 0.203 e. The zero-order valence-electron chi connectivity index (χ0n) is 12.6. The van der Waals surface area contributed by atoms with Crippen molar-refractivity contribution in [3.8, 4) is 0 Å². The Kier molecular flexibility index (Phi) is 3.60. The lowest BCUT2D eigenvalue weighted by molar-refractivity contribution is 0.460. The Morgan fingerprint density at radius 2 is 2.18 bits per heavy atom. The molecule has 0 bridgehead atoms. The molecule has 1 fully saturated rings. The fraction of sp³-hybridized carbons (Fsp3) is 0.500. The number of benzene rings is 1. The summed E-state index contributed by atoms with van der Waals surface area (Å²) in [5.74, 6) is -0.0161. The van der Waals surface area contributed by atoms with Gasteiger partial charge < -0.3 is 11.5 Å². The molecule has 0 aliphatic carbocycles. The van der Waals surface area contributed by atoms with Gasteiger partial charge >= 0.3 is 0 Å². The van der Waals surface area contributed by atoms with Gasteiger partial charge in [0.05, 0.1) is 5.75 Å². The van der Waals surface area contributed by atoms with E-state index in [2.05, 4.69) is 9.71 Å². The molecule has 0 radical (unpaired) electrons. The van der Waals surface area contributed by atoms with Gasteiger partial charge in [-0.05, 0) is 38.0 Å². The van der Waals surface area contributed by atoms with Crippen LogP contribution in [0.1, 0.15) is 25.3 Å². The number of rotatable bonds is 1. The van der Waals surface area contributed by atoms with Crippen LogP contribution >= 0.6 is 0 Å². The average Bonchev–Trinajstić information content (AvgIpc) is 2.62. The molecule has 0 saturated carbocycles. The van der Waals surface area contributed by atoms with Crippen LogP contribution in [0.5, 0.6) is 0 Å². The fourth-order valence-corrected chi connectivity index (χ4v) is 6.05. The third kappa shape index (κ3) is 2.46. The lowest BCUT2D eigenvalue weighted by Crippen LogP contribution is -2.60. The van der Waals surface area contributed by atoms with Gasteiger partial charge in [-0.15, -0.1) is 0 Å². The first-order valence-electron chi connectivity index (χ1n) is 7.37. The van der Waals surface area contributed by atoms with Gasteiger partial charge in [-0.2, -0.15) is 0 Å². The SMILES string of the molecule is C[C@@]1(c2cc(N)ccc2F)C[SH]2(=O)NCCCCN2C(N)=N1. The van der Waals surface area contributed by atoms with Crippen molar-refractivity contribution in [2.24, 2.45) is 10.7 Å². The minimum atomic E-state index is -2.92. The molecule has 0 aromatic heterocycles. The molecule has 122 valence electrons. The first kappa shape index (κ1) is 15.2. The van der Waals surface area contributed by atoms with Crippen molar-refractivity contribution < 1.29 is 8.60 Å². The molecule has 2 aliphatic rings. The summed E-state index contributed by atoms with van der Waals surface area (Å²) in [6.07, 6.45) is 1.83. The molecule has 2 aliphatic heterocycles. The predicted molar refractivity (Wildman–Crippen MR) is 88.1 cm³/mol. The second-order valence-corrected chi connectivity index (χ2v) is 8.60. The summed E-state index contributed by atoms with van der Waals surface area (Å²) < 4.78 is 32.4. The minimum absolute atomic E-state index is 0.196. The van der Waals surface area contributed by atoms with E-state index < -0.39 is 21.7 Å². The molecule has 2 heterocycles. The van der Waals surface area contributed by atoms with Gasteiger partial charge in [-0.25, -0.2) is 14.1 Å². The van der Waals surface area contributed by atoms with E-state index in [4.69, 9.17) is 11.5 Å². The summed E-state index contributed by atoms with van der Waals surface area (Å²) in [6, 6.07) is 4.35. The fourth-order valence-electron chi connectivity index (χ4n) is 3.17. The first-order valence-corrected chi connectivity index (χ1v) is 9.22. The highest BCUT2D eigenvalue weighted by Gasteiger charge is 2.43. The Labute approximate surface area is 130 Å². The molecule has 5 N–H and O–H groups in total. The molecule has 1 saturated heterocycles. The standard InChI is InChI=1S/C14H22FN5OS/c1-14(11-8-10(16)4-5-12(11)15)9-22(21)18-6-2-3-7-20(22)13(17)19-14/h4-5,8,22H,2-3,6-7,9,16H2,1H3,(H2,17,19)(H,18,21)/t14-/m0/s1. The van der Waals surface area contributed by atoms with Crippen molar-refractivity contribution in [2.75, 3.05) is 24.6 Å². The summed E-state index contributed by atoms with van der Waals surface area (Å²) >= 11 is 0. The van der Waals surface area contributed by atoms with Crippen LogP contribution < -0.4 is 16.2 Å². The van der Waals surface area contributed by atoms with Crippen molar-refractivity contribution in [3.63, 3.8) is 0 Å². The van der Waals surface area contributed by atoms with Gasteiger partial charge in [0.15, 0.2) is 0 Å². The van der Waals surface area contributed by atoms with E-state index >= 15 is 0 Å². The molecule has 6 nitrogen and oxygen atoms in total. The molecule has 22 heavy (non-hydrogen) atoms. The molecular weight excluding hydrogens is 305 g/mol. The quantitative estimate of drug-likeness (QED) is 0.446. The van der Waals surface area contributed by atoms with Crippen molar-refractivity contribution in [2.45, 2.75) is 25.3 Å². The highest BCUT2D eigenvalue weighted by molar-refractivity contribution is 7.99. The van der Waals surface area contributed by atoms with Crippen LogP contribution in [0.2, 0.25) is 0 Å². The number of nitrogens with two attached hydrogens (primary N) is 2. The Hall–Kier alpha value is -1.67. The Morgan fingerprint density at radius 3 is 2.95 bits per heavy atom. The summed E-state index contributed by atoms with van der Waals surface area (Å²) in [6.45, 7) is 3.02. The van der Waals surface area contributed by atoms with Gasteiger partial charge in [0.2, 0.25) is 5.96 Å². The lowest BCUT2D eigenvalue weighted by Gasteiger charge is -2.45. The lowest BCUT2D eigenvalue weighted by atomic mass is 9.93. The van der Waals surface area contributed by atoms with Crippen LogP contribution in [0, 0.1) is 5.82 Å². The molecule has 1 aromatic carbocycles. The minimum Gasteiger partial charge on any atom is -0.399 e. The zero-order chi connectivity index (χ0) is 16.0. The molecule has 3 rings (SSSR count). The Balaban J connectivity index is 2.10. The number of thiol groups is 1. The zero-order valence-corrected chi connectivity index (χ0v) is 13.4. The number of hydrogen-bond donors (Lipinski definition) is 4. The van der Waals surface area contributed by atoms with Crippen LogP contribution in [0.3, 0.4) is 0 Å². The van der Waals surface area contributed by atoms with Crippen LogP contribution in [-0.2, 0) is 15.8 Å². The number of guanidine groups is 1. The van der Waals surface area contributed by atoms with Crippen LogP contribution in [-0.4, -0.2) is 33.3 Å². The van der Waals surface area contributed by atoms with Crippen LogP contribution in [0.25, 0.3) is 0 Å². The normalized spacial score (nSPS) is 29.2. The number of aliphatic imine (C=N–C) groups is 1. The van der Waals surface area contributed by atoms with Crippen LogP contribution in [0.15, 0.2) is 23.2 Å². The highest BCUT2D eigenvalue weighted by atomic mass is 32.3. The van der Waals surface area contributed by atoms with Gasteiger partial charge in [-0.3, -0.25) is 8.51 Å². The molecule has 1 atom stereocenters. The van der Waals surface area contributed by atoms with E-state index in [9.17, 15) is 8.60 Å². The second-order valence-electron chi connectivity index (χ2n) is 6.08. The third-order valence-electron chi connectivity index (χ3n) is 4.26. The number of anilines is 1.